The molecule has 0 aromatic carbocycles. The first kappa shape index (κ1) is 11.0. The summed E-state index contributed by atoms with van der Waals surface area (Å²) in [6, 6.07) is 1.08. The highest BCUT2D eigenvalue weighted by atomic mass is 16.3. The lowest BCUT2D eigenvalue weighted by Crippen LogP contribution is -2.37. The Bertz CT molecular complexity index is 134. The fraction of sp³-hybridized carbons (Fsp3) is 1.00. The Hall–Kier alpha value is -0.0800. The average Bonchev–Trinajstić information content (AvgIpc) is 1.97. The van der Waals surface area contributed by atoms with Crippen LogP contribution in [0.2, 0.25) is 0 Å². The molecule has 0 saturated heterocycles. The van der Waals surface area contributed by atoms with Crippen molar-refractivity contribution in [2.75, 3.05) is 6.61 Å². The maximum atomic E-state index is 8.75. The van der Waals surface area contributed by atoms with Gasteiger partial charge in [0, 0.05) is 18.7 Å². The molecule has 1 rings (SSSR count). The fourth-order valence-electron chi connectivity index (χ4n) is 2.06. The van der Waals surface area contributed by atoms with Crippen molar-refractivity contribution in [2.24, 2.45) is 5.92 Å². The van der Waals surface area contributed by atoms with E-state index < -0.39 is 0 Å². The molecular weight excluding hydrogens is 162 g/mol. The second-order valence-corrected chi connectivity index (χ2v) is 4.51. The first-order valence-corrected chi connectivity index (χ1v) is 5.59. The molecule has 2 nitrogen and oxygen atoms in total. The van der Waals surface area contributed by atoms with E-state index in [0.29, 0.717) is 18.7 Å². The van der Waals surface area contributed by atoms with E-state index in [1.165, 1.54) is 25.7 Å². The van der Waals surface area contributed by atoms with Gasteiger partial charge in [-0.3, -0.25) is 0 Å². The number of hydrogen-bond donors (Lipinski definition) is 2. The molecule has 13 heavy (non-hydrogen) atoms. The third-order valence-electron chi connectivity index (χ3n) is 3.04. The number of hydrogen-bond acceptors (Lipinski definition) is 2. The fourth-order valence-corrected chi connectivity index (χ4v) is 2.06. The monoisotopic (exact) mass is 185 g/mol. The summed E-state index contributed by atoms with van der Waals surface area (Å²) >= 11 is 0. The van der Waals surface area contributed by atoms with Crippen LogP contribution in [-0.4, -0.2) is 23.8 Å². The molecule has 0 bridgehead atoms. The van der Waals surface area contributed by atoms with Gasteiger partial charge in [-0.1, -0.05) is 19.3 Å². The van der Waals surface area contributed by atoms with Crippen molar-refractivity contribution in [3.05, 3.63) is 0 Å². The summed E-state index contributed by atoms with van der Waals surface area (Å²) in [5, 5.41) is 12.3. The van der Waals surface area contributed by atoms with Gasteiger partial charge >= 0.3 is 0 Å². The van der Waals surface area contributed by atoms with Crippen LogP contribution in [0, 0.1) is 5.92 Å². The molecule has 78 valence electrons. The van der Waals surface area contributed by atoms with Crippen LogP contribution < -0.4 is 5.32 Å². The number of aliphatic hydroxyl groups excluding tert-OH is 1. The van der Waals surface area contributed by atoms with Gasteiger partial charge in [0.25, 0.3) is 0 Å². The highest BCUT2D eigenvalue weighted by Crippen LogP contribution is 2.30. The molecule has 1 fully saturated rings. The lowest BCUT2D eigenvalue weighted by molar-refractivity contribution is 0.238. The Morgan fingerprint density at radius 2 is 2.00 bits per heavy atom. The molecule has 0 amide bonds. The van der Waals surface area contributed by atoms with Crippen molar-refractivity contribution in [1.82, 2.24) is 5.32 Å². The lowest BCUT2D eigenvalue weighted by atomic mass is 9.81. The van der Waals surface area contributed by atoms with Gasteiger partial charge < -0.3 is 10.4 Å². The minimum atomic E-state index is 0.296. The summed E-state index contributed by atoms with van der Waals surface area (Å²) in [5.41, 5.74) is 0. The minimum absolute atomic E-state index is 0.296. The molecule has 1 saturated carbocycles. The van der Waals surface area contributed by atoms with Crippen LogP contribution in [0.15, 0.2) is 0 Å². The summed E-state index contributed by atoms with van der Waals surface area (Å²) in [4.78, 5) is 0. The molecule has 0 aromatic rings. The standard InChI is InChI=1S/C11H23NO/c1-9(6-7-13)12-10(2)8-11-4-3-5-11/h9-13H,3-8H2,1-2H3/t9-,10?/m1/s1. The largest absolute Gasteiger partial charge is 0.396 e. The third-order valence-corrected chi connectivity index (χ3v) is 3.04. The highest BCUT2D eigenvalue weighted by Gasteiger charge is 2.20. The van der Waals surface area contributed by atoms with E-state index in [0.717, 1.165) is 12.3 Å². The predicted molar refractivity (Wildman–Crippen MR) is 55.7 cm³/mol. The van der Waals surface area contributed by atoms with E-state index in [4.69, 9.17) is 5.11 Å². The number of nitrogens with one attached hydrogen (secondary N) is 1. The van der Waals surface area contributed by atoms with E-state index in [9.17, 15) is 0 Å². The van der Waals surface area contributed by atoms with Crippen LogP contribution in [0.4, 0.5) is 0 Å². The van der Waals surface area contributed by atoms with E-state index in [2.05, 4.69) is 19.2 Å². The Labute approximate surface area is 81.7 Å². The van der Waals surface area contributed by atoms with Gasteiger partial charge in [-0.05, 0) is 32.6 Å². The Morgan fingerprint density at radius 1 is 1.31 bits per heavy atom. The number of aliphatic hydroxyl groups is 1. The van der Waals surface area contributed by atoms with Gasteiger partial charge in [-0.25, -0.2) is 0 Å². The van der Waals surface area contributed by atoms with Crippen LogP contribution in [0.3, 0.4) is 0 Å². The van der Waals surface area contributed by atoms with Crippen LogP contribution in [0.1, 0.15) is 46.0 Å². The summed E-state index contributed by atoms with van der Waals surface area (Å²) in [5.74, 6) is 0.976. The van der Waals surface area contributed by atoms with Crippen molar-refractivity contribution in [2.45, 2.75) is 58.0 Å². The SMILES string of the molecule is CC(CC1CCC1)N[C@H](C)CCO. The highest BCUT2D eigenvalue weighted by molar-refractivity contribution is 4.76. The van der Waals surface area contributed by atoms with E-state index in [-0.39, 0.29) is 0 Å². The summed E-state index contributed by atoms with van der Waals surface area (Å²) < 4.78 is 0. The van der Waals surface area contributed by atoms with Crippen molar-refractivity contribution in [3.63, 3.8) is 0 Å². The number of rotatable bonds is 6. The van der Waals surface area contributed by atoms with Crippen molar-refractivity contribution in [3.8, 4) is 0 Å². The molecule has 2 atom stereocenters. The van der Waals surface area contributed by atoms with Gasteiger partial charge in [-0.15, -0.1) is 0 Å². The van der Waals surface area contributed by atoms with Gasteiger partial charge in [0.05, 0.1) is 0 Å². The molecule has 0 aromatic heterocycles. The molecule has 1 aliphatic carbocycles. The molecule has 1 aliphatic rings. The van der Waals surface area contributed by atoms with E-state index in [1.807, 2.05) is 0 Å². The molecule has 0 spiro atoms. The van der Waals surface area contributed by atoms with Gasteiger partial charge in [0.2, 0.25) is 0 Å². The average molecular weight is 185 g/mol. The van der Waals surface area contributed by atoms with Crippen LogP contribution in [0.5, 0.6) is 0 Å². The maximum absolute atomic E-state index is 8.75. The second-order valence-electron chi connectivity index (χ2n) is 4.51. The first-order valence-electron chi connectivity index (χ1n) is 5.59. The molecule has 1 unspecified atom stereocenters. The third kappa shape index (κ3) is 4.10. The van der Waals surface area contributed by atoms with Crippen LogP contribution >= 0.6 is 0 Å². The topological polar surface area (TPSA) is 32.3 Å². The second kappa shape index (κ2) is 5.61. The molecule has 0 heterocycles. The maximum Gasteiger partial charge on any atom is 0.0445 e. The zero-order chi connectivity index (χ0) is 9.68. The van der Waals surface area contributed by atoms with Gasteiger partial charge in [-0.2, -0.15) is 0 Å². The smallest absolute Gasteiger partial charge is 0.0445 e. The Morgan fingerprint density at radius 3 is 2.46 bits per heavy atom. The molecule has 2 heteroatoms. The lowest BCUT2D eigenvalue weighted by Gasteiger charge is -2.29. The predicted octanol–water partition coefficient (Wildman–Crippen LogP) is 1.93. The minimum Gasteiger partial charge on any atom is -0.396 e. The van der Waals surface area contributed by atoms with E-state index in [1.54, 1.807) is 0 Å². The van der Waals surface area contributed by atoms with Crippen LogP contribution in [0.25, 0.3) is 0 Å². The Balaban J connectivity index is 2.04. The van der Waals surface area contributed by atoms with Gasteiger partial charge in [0.1, 0.15) is 0 Å². The van der Waals surface area contributed by atoms with E-state index >= 15 is 0 Å². The zero-order valence-electron chi connectivity index (χ0n) is 8.92. The summed E-state index contributed by atoms with van der Waals surface area (Å²) in [7, 11) is 0. The molecular formula is C11H23NO. The Kier molecular flexibility index (Phi) is 4.74. The van der Waals surface area contributed by atoms with Crippen molar-refractivity contribution in [1.29, 1.82) is 0 Å². The van der Waals surface area contributed by atoms with Crippen LogP contribution in [-0.2, 0) is 0 Å². The quantitative estimate of drug-likeness (QED) is 0.662. The zero-order valence-corrected chi connectivity index (χ0v) is 8.92. The molecule has 0 aliphatic heterocycles. The van der Waals surface area contributed by atoms with Crippen molar-refractivity contribution >= 4 is 0 Å². The van der Waals surface area contributed by atoms with Gasteiger partial charge in [0.15, 0.2) is 0 Å². The summed E-state index contributed by atoms with van der Waals surface area (Å²) in [6.07, 6.45) is 6.48. The molecule has 0 radical (unpaired) electrons. The first-order chi connectivity index (χ1) is 6.22. The summed E-state index contributed by atoms with van der Waals surface area (Å²) in [6.45, 7) is 4.70. The van der Waals surface area contributed by atoms with Crippen molar-refractivity contribution < 1.29 is 5.11 Å². The molecule has 2 N–H and O–H groups in total. The normalized spacial score (nSPS) is 22.4.